The minimum atomic E-state index is -0.250. The highest BCUT2D eigenvalue weighted by Crippen LogP contribution is 2.22. The van der Waals surface area contributed by atoms with Crippen molar-refractivity contribution in [3.63, 3.8) is 0 Å². The molecule has 108 valence electrons. The van der Waals surface area contributed by atoms with Gasteiger partial charge in [-0.2, -0.15) is 5.10 Å². The number of hydrazone groups is 1. The third-order valence-electron chi connectivity index (χ3n) is 2.93. The summed E-state index contributed by atoms with van der Waals surface area (Å²) in [6, 6.07) is 13.5. The van der Waals surface area contributed by atoms with Gasteiger partial charge in [-0.3, -0.25) is 4.79 Å². The number of amides is 1. The summed E-state index contributed by atoms with van der Waals surface area (Å²) in [6.07, 6.45) is 0.226. The van der Waals surface area contributed by atoms with Crippen LogP contribution in [-0.4, -0.2) is 21.8 Å². The molecule has 1 amide bonds. The fourth-order valence-corrected chi connectivity index (χ4v) is 1.84. The van der Waals surface area contributed by atoms with Gasteiger partial charge in [0.2, 0.25) is 5.91 Å². The van der Waals surface area contributed by atoms with Crippen molar-refractivity contribution in [2.45, 2.75) is 13.3 Å². The van der Waals surface area contributed by atoms with Crippen LogP contribution in [0.4, 0.5) is 0 Å². The number of carbonyl (C=O) groups excluding carboxylic acids is 1. The van der Waals surface area contributed by atoms with Gasteiger partial charge in [0.05, 0.1) is 12.1 Å². The number of benzene rings is 2. The third kappa shape index (κ3) is 4.07. The number of hydrogen-bond acceptors (Lipinski definition) is 4. The van der Waals surface area contributed by atoms with Gasteiger partial charge in [0.25, 0.3) is 0 Å². The van der Waals surface area contributed by atoms with Crippen LogP contribution < -0.4 is 5.43 Å². The Labute approximate surface area is 122 Å². The predicted molar refractivity (Wildman–Crippen MR) is 80.3 cm³/mol. The fraction of sp³-hybridized carbons (Fsp3) is 0.125. The molecule has 21 heavy (non-hydrogen) atoms. The topological polar surface area (TPSA) is 81.9 Å². The molecule has 2 rings (SSSR count). The summed E-state index contributed by atoms with van der Waals surface area (Å²) in [5.41, 5.74) is 4.10. The number of phenolic OH excluding ortho intramolecular Hbond substituents is 2. The molecule has 0 saturated carbocycles. The lowest BCUT2D eigenvalue weighted by Crippen LogP contribution is -2.21. The molecular formula is C16H16N2O3. The molecule has 0 unspecified atom stereocenters. The van der Waals surface area contributed by atoms with Crippen LogP contribution in [0.25, 0.3) is 0 Å². The number of aromatic hydroxyl groups is 2. The first-order valence-corrected chi connectivity index (χ1v) is 6.45. The van der Waals surface area contributed by atoms with Gasteiger partial charge in [-0.25, -0.2) is 5.43 Å². The molecule has 0 radical (unpaired) electrons. The minimum absolute atomic E-state index is 0.00800. The number of rotatable bonds is 4. The van der Waals surface area contributed by atoms with Crippen molar-refractivity contribution < 1.29 is 15.0 Å². The molecule has 3 N–H and O–H groups in total. The zero-order valence-electron chi connectivity index (χ0n) is 11.6. The lowest BCUT2D eigenvalue weighted by molar-refractivity contribution is -0.120. The van der Waals surface area contributed by atoms with E-state index in [-0.39, 0.29) is 23.8 Å². The van der Waals surface area contributed by atoms with E-state index in [2.05, 4.69) is 10.5 Å². The molecule has 0 saturated heterocycles. The normalized spacial score (nSPS) is 11.2. The monoisotopic (exact) mass is 284 g/mol. The minimum Gasteiger partial charge on any atom is -0.508 e. The maximum atomic E-state index is 11.8. The lowest BCUT2D eigenvalue weighted by atomic mass is 10.1. The third-order valence-corrected chi connectivity index (χ3v) is 2.93. The molecule has 0 atom stereocenters. The average molecular weight is 284 g/mol. The van der Waals surface area contributed by atoms with Gasteiger partial charge in [-0.05, 0) is 30.7 Å². The van der Waals surface area contributed by atoms with E-state index < -0.39 is 0 Å². The summed E-state index contributed by atoms with van der Waals surface area (Å²) < 4.78 is 0. The highest BCUT2D eigenvalue weighted by molar-refractivity contribution is 6.01. The Balaban J connectivity index is 2.03. The molecule has 0 aliphatic heterocycles. The maximum absolute atomic E-state index is 11.8. The first kappa shape index (κ1) is 14.6. The Hall–Kier alpha value is -2.82. The van der Waals surface area contributed by atoms with Gasteiger partial charge >= 0.3 is 0 Å². The van der Waals surface area contributed by atoms with Crippen molar-refractivity contribution in [3.8, 4) is 11.5 Å². The van der Waals surface area contributed by atoms with Gasteiger partial charge in [0, 0.05) is 5.56 Å². The Kier molecular flexibility index (Phi) is 4.56. The highest BCUT2D eigenvalue weighted by Gasteiger charge is 2.07. The largest absolute Gasteiger partial charge is 0.508 e. The summed E-state index contributed by atoms with van der Waals surface area (Å²) >= 11 is 0. The van der Waals surface area contributed by atoms with Gasteiger partial charge in [0.15, 0.2) is 0 Å². The molecule has 0 spiro atoms. The van der Waals surface area contributed by atoms with E-state index in [1.54, 1.807) is 6.92 Å². The first-order chi connectivity index (χ1) is 10.1. The smallest absolute Gasteiger partial charge is 0.244 e. The van der Waals surface area contributed by atoms with Crippen molar-refractivity contribution in [2.75, 3.05) is 0 Å². The quantitative estimate of drug-likeness (QED) is 0.457. The van der Waals surface area contributed by atoms with Crippen LogP contribution in [0.2, 0.25) is 0 Å². The average Bonchev–Trinajstić information content (AvgIpc) is 2.48. The van der Waals surface area contributed by atoms with Gasteiger partial charge in [-0.15, -0.1) is 0 Å². The number of nitrogens with zero attached hydrogens (tertiary/aromatic N) is 1. The van der Waals surface area contributed by atoms with E-state index >= 15 is 0 Å². The lowest BCUT2D eigenvalue weighted by Gasteiger charge is -2.06. The zero-order valence-corrected chi connectivity index (χ0v) is 11.6. The van der Waals surface area contributed by atoms with Crippen LogP contribution in [-0.2, 0) is 11.2 Å². The predicted octanol–water partition coefficient (Wildman–Crippen LogP) is 2.18. The Morgan fingerprint density at radius 1 is 1.14 bits per heavy atom. The second-order valence-corrected chi connectivity index (χ2v) is 4.60. The summed E-state index contributed by atoms with van der Waals surface area (Å²) in [4.78, 5) is 11.8. The second-order valence-electron chi connectivity index (χ2n) is 4.60. The van der Waals surface area contributed by atoms with Gasteiger partial charge in [-0.1, -0.05) is 30.3 Å². The Bertz CT molecular complexity index is 666. The van der Waals surface area contributed by atoms with Crippen LogP contribution in [0.1, 0.15) is 18.1 Å². The zero-order chi connectivity index (χ0) is 15.2. The van der Waals surface area contributed by atoms with Crippen LogP contribution in [0.5, 0.6) is 11.5 Å². The Morgan fingerprint density at radius 3 is 2.57 bits per heavy atom. The van der Waals surface area contributed by atoms with Crippen molar-refractivity contribution in [1.29, 1.82) is 0 Å². The van der Waals surface area contributed by atoms with E-state index in [0.29, 0.717) is 11.3 Å². The highest BCUT2D eigenvalue weighted by atomic mass is 16.3. The van der Waals surface area contributed by atoms with Crippen LogP contribution in [0.15, 0.2) is 53.6 Å². The van der Waals surface area contributed by atoms with E-state index in [4.69, 9.17) is 0 Å². The number of hydrogen-bond donors (Lipinski definition) is 3. The molecule has 0 aliphatic rings. The molecule has 0 bridgehead atoms. The SMILES string of the molecule is CC(=NNC(=O)Cc1ccccc1)c1cc(O)ccc1O. The summed E-state index contributed by atoms with van der Waals surface area (Å²) in [5.74, 6) is -0.237. The number of carbonyl (C=O) groups is 1. The molecular weight excluding hydrogens is 268 g/mol. The molecule has 0 heterocycles. The van der Waals surface area contributed by atoms with Gasteiger partial charge < -0.3 is 10.2 Å². The second kappa shape index (κ2) is 6.56. The molecule has 5 heteroatoms. The summed E-state index contributed by atoms with van der Waals surface area (Å²) in [6.45, 7) is 1.64. The van der Waals surface area contributed by atoms with Crippen molar-refractivity contribution >= 4 is 11.6 Å². The van der Waals surface area contributed by atoms with Crippen LogP contribution in [0, 0.1) is 0 Å². The fourth-order valence-electron chi connectivity index (χ4n) is 1.84. The van der Waals surface area contributed by atoms with E-state index in [1.165, 1.54) is 18.2 Å². The molecule has 0 aliphatic carbocycles. The molecule has 0 aromatic heterocycles. The number of phenols is 2. The van der Waals surface area contributed by atoms with E-state index in [9.17, 15) is 15.0 Å². The molecule has 2 aromatic rings. The molecule has 5 nitrogen and oxygen atoms in total. The molecule has 2 aromatic carbocycles. The Morgan fingerprint density at radius 2 is 1.86 bits per heavy atom. The standard InChI is InChI=1S/C16H16N2O3/c1-11(14-10-13(19)7-8-15(14)20)17-18-16(21)9-12-5-3-2-4-6-12/h2-8,10,19-20H,9H2,1H3,(H,18,21). The van der Waals surface area contributed by atoms with Gasteiger partial charge in [0.1, 0.15) is 11.5 Å². The summed E-state index contributed by atoms with van der Waals surface area (Å²) in [5, 5.41) is 23.0. The number of nitrogens with one attached hydrogen (secondary N) is 1. The maximum Gasteiger partial charge on any atom is 0.244 e. The first-order valence-electron chi connectivity index (χ1n) is 6.45. The van der Waals surface area contributed by atoms with E-state index in [0.717, 1.165) is 5.56 Å². The van der Waals surface area contributed by atoms with E-state index in [1.807, 2.05) is 30.3 Å². The van der Waals surface area contributed by atoms with Crippen molar-refractivity contribution in [3.05, 3.63) is 59.7 Å². The van der Waals surface area contributed by atoms with Crippen LogP contribution >= 0.6 is 0 Å². The molecule has 0 fully saturated rings. The van der Waals surface area contributed by atoms with Crippen molar-refractivity contribution in [2.24, 2.45) is 5.10 Å². The van der Waals surface area contributed by atoms with Crippen LogP contribution in [0.3, 0.4) is 0 Å². The van der Waals surface area contributed by atoms with Crippen molar-refractivity contribution in [1.82, 2.24) is 5.43 Å². The summed E-state index contributed by atoms with van der Waals surface area (Å²) in [7, 11) is 0.